The highest BCUT2D eigenvalue weighted by Crippen LogP contribution is 2.31. The van der Waals surface area contributed by atoms with Gasteiger partial charge >= 0.3 is 0 Å². The number of nitrogens with zero attached hydrogens (tertiary/aromatic N) is 1. The monoisotopic (exact) mass is 461 g/mol. The highest BCUT2D eigenvalue weighted by Gasteiger charge is 2.21. The smallest absolute Gasteiger partial charge is 0.276 e. The van der Waals surface area contributed by atoms with Crippen LogP contribution in [0.2, 0.25) is 10.0 Å². The van der Waals surface area contributed by atoms with Crippen molar-refractivity contribution in [2.24, 2.45) is 0 Å². The highest BCUT2D eigenvalue weighted by molar-refractivity contribution is 7.92. The number of hydrogen-bond acceptors (Lipinski definition) is 3. The Morgan fingerprint density at radius 3 is 2.47 bits per heavy atom. The number of aromatic nitrogens is 2. The first-order valence-corrected chi connectivity index (χ1v) is 11.2. The molecule has 0 radical (unpaired) electrons. The van der Waals surface area contributed by atoms with E-state index >= 15 is 0 Å². The Morgan fingerprint density at radius 2 is 1.73 bits per heavy atom. The molecule has 0 fully saturated rings. The van der Waals surface area contributed by atoms with Crippen molar-refractivity contribution in [3.63, 3.8) is 0 Å². The maximum atomic E-state index is 12.9. The van der Waals surface area contributed by atoms with Crippen LogP contribution in [0.15, 0.2) is 70.4 Å². The molecule has 2 N–H and O–H groups in total. The number of fused-ring (bicyclic) bond motifs is 1. The van der Waals surface area contributed by atoms with Gasteiger partial charge in [0, 0.05) is 5.02 Å². The van der Waals surface area contributed by atoms with Crippen LogP contribution >= 0.6 is 23.2 Å². The Bertz CT molecular complexity index is 1410. The van der Waals surface area contributed by atoms with Crippen molar-refractivity contribution in [3.05, 3.63) is 92.2 Å². The minimum absolute atomic E-state index is 0.0313. The summed E-state index contributed by atoms with van der Waals surface area (Å²) in [5.41, 5.74) is 1.67. The van der Waals surface area contributed by atoms with Crippen LogP contribution in [-0.4, -0.2) is 18.2 Å². The van der Waals surface area contributed by atoms with E-state index in [1.165, 1.54) is 16.8 Å². The minimum Gasteiger partial charge on any atom is -0.295 e. The summed E-state index contributed by atoms with van der Waals surface area (Å²) < 4.78 is 29.7. The van der Waals surface area contributed by atoms with Crippen molar-refractivity contribution in [2.45, 2.75) is 18.4 Å². The third kappa shape index (κ3) is 3.71. The van der Waals surface area contributed by atoms with Crippen LogP contribution in [0.3, 0.4) is 0 Å². The summed E-state index contributed by atoms with van der Waals surface area (Å²) in [7, 11) is -3.95. The first-order chi connectivity index (χ1) is 14.3. The van der Waals surface area contributed by atoms with Crippen molar-refractivity contribution in [2.75, 3.05) is 4.72 Å². The molecular weight excluding hydrogens is 445 g/mol. The van der Waals surface area contributed by atoms with Gasteiger partial charge in [-0.25, -0.2) is 13.1 Å². The largest absolute Gasteiger partial charge is 0.295 e. The van der Waals surface area contributed by atoms with E-state index in [1.807, 2.05) is 30.3 Å². The van der Waals surface area contributed by atoms with E-state index in [0.29, 0.717) is 22.6 Å². The molecule has 0 saturated heterocycles. The summed E-state index contributed by atoms with van der Waals surface area (Å²) in [6.45, 7) is 1.96. The van der Waals surface area contributed by atoms with Gasteiger partial charge in [0.2, 0.25) is 0 Å². The van der Waals surface area contributed by atoms with E-state index in [1.54, 1.807) is 25.1 Å². The van der Waals surface area contributed by atoms with Crippen molar-refractivity contribution in [1.29, 1.82) is 0 Å². The fourth-order valence-electron chi connectivity index (χ4n) is 3.24. The molecule has 0 bridgehead atoms. The first-order valence-electron chi connectivity index (χ1n) is 9.01. The number of sulfonamides is 1. The van der Waals surface area contributed by atoms with Crippen LogP contribution < -0.4 is 10.3 Å². The van der Waals surface area contributed by atoms with Gasteiger partial charge in [-0.3, -0.25) is 14.6 Å². The Balaban J connectivity index is 1.74. The SMILES string of the molecule is Cc1c(Cl)cccc1S(=O)(=O)Nc1ccc2[nH]n(Cc3ccccc3)c(=O)c2c1Cl. The molecule has 0 atom stereocenters. The van der Waals surface area contributed by atoms with Gasteiger partial charge in [-0.2, -0.15) is 0 Å². The molecule has 9 heteroatoms. The van der Waals surface area contributed by atoms with Crippen molar-refractivity contribution in [3.8, 4) is 0 Å². The summed E-state index contributed by atoms with van der Waals surface area (Å²) in [6, 6.07) is 17.3. The molecule has 0 saturated carbocycles. The maximum Gasteiger partial charge on any atom is 0.276 e. The lowest BCUT2D eigenvalue weighted by Gasteiger charge is -2.12. The second-order valence-corrected chi connectivity index (χ2v) is 9.24. The van der Waals surface area contributed by atoms with Crippen LogP contribution in [0.5, 0.6) is 0 Å². The molecule has 154 valence electrons. The highest BCUT2D eigenvalue weighted by atomic mass is 35.5. The molecule has 6 nitrogen and oxygen atoms in total. The number of halogens is 2. The zero-order chi connectivity index (χ0) is 21.5. The summed E-state index contributed by atoms with van der Waals surface area (Å²) in [6.07, 6.45) is 0. The molecule has 0 spiro atoms. The third-order valence-electron chi connectivity index (χ3n) is 4.79. The van der Waals surface area contributed by atoms with Gasteiger partial charge in [-0.15, -0.1) is 0 Å². The molecule has 0 aliphatic heterocycles. The van der Waals surface area contributed by atoms with Gasteiger partial charge in [-0.1, -0.05) is 59.6 Å². The number of aromatic amines is 1. The van der Waals surface area contributed by atoms with Gasteiger partial charge in [0.1, 0.15) is 0 Å². The quantitative estimate of drug-likeness (QED) is 0.447. The van der Waals surface area contributed by atoms with E-state index in [4.69, 9.17) is 23.2 Å². The summed E-state index contributed by atoms with van der Waals surface area (Å²) in [5, 5.41) is 3.61. The van der Waals surface area contributed by atoms with Crippen LogP contribution in [0.25, 0.3) is 10.9 Å². The van der Waals surface area contributed by atoms with Gasteiger partial charge in [0.05, 0.1) is 33.1 Å². The molecule has 4 rings (SSSR count). The molecule has 0 aliphatic carbocycles. The molecule has 0 unspecified atom stereocenters. The molecule has 1 aromatic heterocycles. The summed E-state index contributed by atoms with van der Waals surface area (Å²) in [4.78, 5) is 12.9. The van der Waals surface area contributed by atoms with E-state index in [2.05, 4.69) is 9.82 Å². The number of benzene rings is 3. The normalized spacial score (nSPS) is 11.7. The van der Waals surface area contributed by atoms with Gasteiger partial charge in [0.25, 0.3) is 15.6 Å². The predicted octanol–water partition coefficient (Wildman–Crippen LogP) is 4.79. The van der Waals surface area contributed by atoms with E-state index in [0.717, 1.165) is 5.56 Å². The number of H-pyrrole nitrogens is 1. The number of rotatable bonds is 5. The average Bonchev–Trinajstić information content (AvgIpc) is 3.03. The topological polar surface area (TPSA) is 84.0 Å². The lowest BCUT2D eigenvalue weighted by Crippen LogP contribution is -2.18. The van der Waals surface area contributed by atoms with Crippen LogP contribution in [0, 0.1) is 6.92 Å². The predicted molar refractivity (Wildman–Crippen MR) is 120 cm³/mol. The van der Waals surface area contributed by atoms with E-state index in [-0.39, 0.29) is 26.6 Å². The van der Waals surface area contributed by atoms with E-state index in [9.17, 15) is 13.2 Å². The fraction of sp³-hybridized carbons (Fsp3) is 0.0952. The van der Waals surface area contributed by atoms with Crippen molar-refractivity contribution >= 4 is 49.8 Å². The number of hydrogen-bond donors (Lipinski definition) is 2. The van der Waals surface area contributed by atoms with Gasteiger partial charge in [-0.05, 0) is 42.3 Å². The zero-order valence-electron chi connectivity index (χ0n) is 15.8. The third-order valence-corrected chi connectivity index (χ3v) is 7.10. The van der Waals surface area contributed by atoms with Crippen LogP contribution in [-0.2, 0) is 16.6 Å². The molecule has 30 heavy (non-hydrogen) atoms. The lowest BCUT2D eigenvalue weighted by molar-refractivity contribution is 0.600. The van der Waals surface area contributed by atoms with E-state index < -0.39 is 10.0 Å². The Labute approximate surface area is 183 Å². The van der Waals surface area contributed by atoms with Crippen LogP contribution in [0.4, 0.5) is 5.69 Å². The number of anilines is 1. The maximum absolute atomic E-state index is 12.9. The molecule has 0 aliphatic rings. The fourth-order valence-corrected chi connectivity index (χ4v) is 5.16. The van der Waals surface area contributed by atoms with Gasteiger partial charge in [0.15, 0.2) is 0 Å². The number of nitrogens with one attached hydrogen (secondary N) is 2. The van der Waals surface area contributed by atoms with Crippen molar-refractivity contribution in [1.82, 2.24) is 9.78 Å². The lowest BCUT2D eigenvalue weighted by atomic mass is 10.2. The van der Waals surface area contributed by atoms with Crippen molar-refractivity contribution < 1.29 is 8.42 Å². The standard InChI is InChI=1S/C21H17Cl2N3O3S/c1-13-15(22)8-5-9-18(13)30(28,29)25-17-11-10-16-19(20(17)23)21(27)26(24-16)12-14-6-3-2-4-7-14/h2-11,24-25H,12H2,1H3. The minimum atomic E-state index is -3.95. The first kappa shape index (κ1) is 20.5. The summed E-state index contributed by atoms with van der Waals surface area (Å²) in [5.74, 6) is 0. The Morgan fingerprint density at radius 1 is 1.00 bits per heavy atom. The summed E-state index contributed by atoms with van der Waals surface area (Å²) >= 11 is 12.5. The molecule has 1 heterocycles. The molecule has 3 aromatic carbocycles. The second-order valence-electron chi connectivity index (χ2n) is 6.81. The second kappa shape index (κ2) is 7.83. The average molecular weight is 462 g/mol. The molecular formula is C21H17Cl2N3O3S. The zero-order valence-corrected chi connectivity index (χ0v) is 18.1. The molecule has 0 amide bonds. The Kier molecular flexibility index (Phi) is 5.36. The Hall–Kier alpha value is -2.74. The van der Waals surface area contributed by atoms with Gasteiger partial charge < -0.3 is 0 Å². The van der Waals surface area contributed by atoms with Crippen LogP contribution in [0.1, 0.15) is 11.1 Å². The molecule has 4 aromatic rings.